The molecule has 17 heavy (non-hydrogen) atoms. The number of ether oxygens (including phenoxy) is 2. The summed E-state index contributed by atoms with van der Waals surface area (Å²) in [5.74, 6) is -0.0820. The van der Waals surface area contributed by atoms with Crippen molar-refractivity contribution in [1.82, 2.24) is 0 Å². The van der Waals surface area contributed by atoms with E-state index in [-0.39, 0.29) is 22.9 Å². The van der Waals surface area contributed by atoms with Crippen LogP contribution in [-0.2, 0) is 14.3 Å². The summed E-state index contributed by atoms with van der Waals surface area (Å²) < 4.78 is 11.3. The summed E-state index contributed by atoms with van der Waals surface area (Å²) in [6, 6.07) is 0. The van der Waals surface area contributed by atoms with Crippen LogP contribution < -0.4 is 0 Å². The molecule has 0 bridgehead atoms. The van der Waals surface area contributed by atoms with Gasteiger partial charge in [-0.1, -0.05) is 34.6 Å². The number of esters is 1. The summed E-state index contributed by atoms with van der Waals surface area (Å²) in [5, 5.41) is 0. The molecule has 100 valence electrons. The summed E-state index contributed by atoms with van der Waals surface area (Å²) in [7, 11) is 0. The van der Waals surface area contributed by atoms with Gasteiger partial charge in [0.15, 0.2) is 0 Å². The zero-order valence-electron chi connectivity index (χ0n) is 11.8. The summed E-state index contributed by atoms with van der Waals surface area (Å²) in [5.41, 5.74) is -0.397. The first-order chi connectivity index (χ1) is 7.82. The standard InChI is InChI=1S/C14H26O3/c1-6-11(2)12(15)17-14(13(3,4)5)7-9-16-10-8-14/h11H,6-10H2,1-5H3. The summed E-state index contributed by atoms with van der Waals surface area (Å²) in [6.07, 6.45) is 2.44. The summed E-state index contributed by atoms with van der Waals surface area (Å²) in [6.45, 7) is 11.7. The fourth-order valence-corrected chi connectivity index (χ4v) is 2.17. The second-order valence-corrected chi connectivity index (χ2v) is 6.09. The lowest BCUT2D eigenvalue weighted by Crippen LogP contribution is -2.51. The van der Waals surface area contributed by atoms with E-state index in [1.807, 2.05) is 13.8 Å². The van der Waals surface area contributed by atoms with E-state index in [0.717, 1.165) is 19.3 Å². The minimum absolute atomic E-state index is 0.0166. The maximum absolute atomic E-state index is 12.0. The van der Waals surface area contributed by atoms with Gasteiger partial charge >= 0.3 is 5.97 Å². The lowest BCUT2D eigenvalue weighted by Gasteiger charge is -2.46. The van der Waals surface area contributed by atoms with E-state index in [4.69, 9.17) is 9.47 Å². The highest BCUT2D eigenvalue weighted by Gasteiger charge is 2.46. The molecule has 0 aromatic heterocycles. The van der Waals surface area contributed by atoms with Crippen molar-refractivity contribution in [1.29, 1.82) is 0 Å². The molecule has 1 atom stereocenters. The van der Waals surface area contributed by atoms with Gasteiger partial charge in [-0.05, 0) is 6.42 Å². The van der Waals surface area contributed by atoms with Gasteiger partial charge in [-0.25, -0.2) is 0 Å². The monoisotopic (exact) mass is 242 g/mol. The van der Waals surface area contributed by atoms with E-state index >= 15 is 0 Å². The van der Waals surface area contributed by atoms with Crippen molar-refractivity contribution in [2.45, 2.75) is 59.5 Å². The highest BCUT2D eigenvalue weighted by molar-refractivity contribution is 5.72. The molecular weight excluding hydrogens is 216 g/mol. The van der Waals surface area contributed by atoms with Gasteiger partial charge in [0.1, 0.15) is 5.60 Å². The molecule has 1 heterocycles. The van der Waals surface area contributed by atoms with Crippen LogP contribution in [0.15, 0.2) is 0 Å². The maximum atomic E-state index is 12.0. The normalized spacial score (nSPS) is 21.9. The predicted molar refractivity (Wildman–Crippen MR) is 67.8 cm³/mol. The van der Waals surface area contributed by atoms with Gasteiger partial charge in [0.05, 0.1) is 19.1 Å². The first-order valence-electron chi connectivity index (χ1n) is 6.63. The molecule has 1 fully saturated rings. The van der Waals surface area contributed by atoms with Crippen LogP contribution in [0.2, 0.25) is 0 Å². The van der Waals surface area contributed by atoms with Crippen molar-refractivity contribution in [3.8, 4) is 0 Å². The fraction of sp³-hybridized carbons (Fsp3) is 0.929. The molecule has 0 aromatic carbocycles. The molecule has 0 aromatic rings. The molecule has 0 aliphatic carbocycles. The van der Waals surface area contributed by atoms with Crippen LogP contribution in [0.1, 0.15) is 53.9 Å². The fourth-order valence-electron chi connectivity index (χ4n) is 2.17. The number of hydrogen-bond acceptors (Lipinski definition) is 3. The van der Waals surface area contributed by atoms with Crippen LogP contribution in [-0.4, -0.2) is 24.8 Å². The SMILES string of the molecule is CCC(C)C(=O)OC1(C(C)(C)C)CCOCC1. The molecule has 3 nitrogen and oxygen atoms in total. The van der Waals surface area contributed by atoms with Gasteiger partial charge in [-0.2, -0.15) is 0 Å². The Bertz CT molecular complexity index is 259. The second-order valence-electron chi connectivity index (χ2n) is 6.09. The average molecular weight is 242 g/mol. The highest BCUT2D eigenvalue weighted by atomic mass is 16.6. The number of hydrogen-bond donors (Lipinski definition) is 0. The zero-order chi connectivity index (χ0) is 13.1. The van der Waals surface area contributed by atoms with Gasteiger partial charge in [-0.3, -0.25) is 4.79 Å². The third kappa shape index (κ3) is 3.21. The predicted octanol–water partition coefficient (Wildman–Crippen LogP) is 3.17. The lowest BCUT2D eigenvalue weighted by molar-refractivity contribution is -0.193. The Hall–Kier alpha value is -0.570. The second kappa shape index (κ2) is 5.38. The first kappa shape index (κ1) is 14.5. The molecule has 0 spiro atoms. The number of rotatable bonds is 3. The Balaban J connectivity index is 2.81. The molecule has 1 unspecified atom stereocenters. The van der Waals surface area contributed by atoms with Crippen LogP contribution in [0.4, 0.5) is 0 Å². The highest BCUT2D eigenvalue weighted by Crippen LogP contribution is 2.42. The molecule has 1 aliphatic heterocycles. The minimum Gasteiger partial charge on any atom is -0.458 e. The molecule has 0 radical (unpaired) electrons. The van der Waals surface area contributed by atoms with E-state index in [1.165, 1.54) is 0 Å². The van der Waals surface area contributed by atoms with Crippen molar-refractivity contribution < 1.29 is 14.3 Å². The van der Waals surface area contributed by atoms with Crippen LogP contribution in [0.5, 0.6) is 0 Å². The molecule has 1 rings (SSSR count). The van der Waals surface area contributed by atoms with Crippen molar-refractivity contribution >= 4 is 5.97 Å². The van der Waals surface area contributed by atoms with Crippen LogP contribution in [0, 0.1) is 11.3 Å². The molecule has 0 saturated carbocycles. The molecule has 1 aliphatic rings. The summed E-state index contributed by atoms with van der Waals surface area (Å²) >= 11 is 0. The van der Waals surface area contributed by atoms with E-state index in [0.29, 0.717) is 13.2 Å². The van der Waals surface area contributed by atoms with Gasteiger partial charge in [0, 0.05) is 18.3 Å². The van der Waals surface area contributed by atoms with Crippen LogP contribution in [0.25, 0.3) is 0 Å². The van der Waals surface area contributed by atoms with Gasteiger partial charge in [0.25, 0.3) is 0 Å². The Morgan fingerprint density at radius 1 is 1.35 bits per heavy atom. The third-order valence-corrected chi connectivity index (χ3v) is 3.98. The third-order valence-electron chi connectivity index (χ3n) is 3.98. The quantitative estimate of drug-likeness (QED) is 0.713. The summed E-state index contributed by atoms with van der Waals surface area (Å²) in [4.78, 5) is 12.0. The van der Waals surface area contributed by atoms with Crippen molar-refractivity contribution in [2.24, 2.45) is 11.3 Å². The molecule has 1 saturated heterocycles. The Morgan fingerprint density at radius 3 is 2.29 bits per heavy atom. The maximum Gasteiger partial charge on any atom is 0.309 e. The molecule has 0 N–H and O–H groups in total. The average Bonchev–Trinajstić information content (AvgIpc) is 2.27. The smallest absolute Gasteiger partial charge is 0.309 e. The van der Waals surface area contributed by atoms with Crippen molar-refractivity contribution in [3.63, 3.8) is 0 Å². The largest absolute Gasteiger partial charge is 0.458 e. The van der Waals surface area contributed by atoms with E-state index in [2.05, 4.69) is 20.8 Å². The Kier molecular flexibility index (Phi) is 4.59. The Labute approximate surface area is 105 Å². The van der Waals surface area contributed by atoms with E-state index in [9.17, 15) is 4.79 Å². The van der Waals surface area contributed by atoms with Gasteiger partial charge < -0.3 is 9.47 Å². The van der Waals surface area contributed by atoms with Crippen molar-refractivity contribution in [3.05, 3.63) is 0 Å². The van der Waals surface area contributed by atoms with Crippen LogP contribution >= 0.6 is 0 Å². The van der Waals surface area contributed by atoms with Gasteiger partial charge in [0.2, 0.25) is 0 Å². The number of carbonyl (C=O) groups is 1. The first-order valence-corrected chi connectivity index (χ1v) is 6.63. The molecule has 0 amide bonds. The van der Waals surface area contributed by atoms with Gasteiger partial charge in [-0.15, -0.1) is 0 Å². The lowest BCUT2D eigenvalue weighted by atomic mass is 9.71. The molecular formula is C14H26O3. The minimum atomic E-state index is -0.355. The molecule has 3 heteroatoms. The van der Waals surface area contributed by atoms with Crippen molar-refractivity contribution in [2.75, 3.05) is 13.2 Å². The van der Waals surface area contributed by atoms with E-state index in [1.54, 1.807) is 0 Å². The number of carbonyl (C=O) groups excluding carboxylic acids is 1. The Morgan fingerprint density at radius 2 is 1.88 bits per heavy atom. The van der Waals surface area contributed by atoms with E-state index < -0.39 is 0 Å². The topological polar surface area (TPSA) is 35.5 Å². The van der Waals surface area contributed by atoms with Crippen LogP contribution in [0.3, 0.4) is 0 Å². The zero-order valence-corrected chi connectivity index (χ0v) is 11.8.